The SMILES string of the molecule is Cc1sc2nc(-c3ccc4cc[nH]c4n3)[nH]c(=O)c2c1C. The Morgan fingerprint density at radius 1 is 1.14 bits per heavy atom. The molecule has 0 aliphatic carbocycles. The zero-order valence-corrected chi connectivity index (χ0v) is 12.3. The third kappa shape index (κ3) is 1.80. The molecule has 2 N–H and O–H groups in total. The molecule has 4 rings (SSSR count). The average Bonchev–Trinajstić information content (AvgIpc) is 3.03. The van der Waals surface area contributed by atoms with E-state index < -0.39 is 0 Å². The lowest BCUT2D eigenvalue weighted by Gasteiger charge is -2.01. The van der Waals surface area contributed by atoms with Crippen molar-refractivity contribution in [3.63, 3.8) is 0 Å². The number of nitrogens with zero attached hydrogens (tertiary/aromatic N) is 2. The molecule has 21 heavy (non-hydrogen) atoms. The van der Waals surface area contributed by atoms with Gasteiger partial charge >= 0.3 is 0 Å². The van der Waals surface area contributed by atoms with Crippen LogP contribution in [0.3, 0.4) is 0 Å². The molecule has 5 nitrogen and oxygen atoms in total. The minimum absolute atomic E-state index is 0.106. The van der Waals surface area contributed by atoms with Crippen LogP contribution in [0.2, 0.25) is 0 Å². The maximum Gasteiger partial charge on any atom is 0.260 e. The maximum absolute atomic E-state index is 12.3. The lowest BCUT2D eigenvalue weighted by atomic mass is 10.2. The van der Waals surface area contributed by atoms with Crippen LogP contribution in [-0.4, -0.2) is 19.9 Å². The summed E-state index contributed by atoms with van der Waals surface area (Å²) in [4.78, 5) is 29.1. The summed E-state index contributed by atoms with van der Waals surface area (Å²) in [5.41, 5.74) is 2.34. The number of thiophene rings is 1. The third-order valence-corrected chi connectivity index (χ3v) is 4.79. The number of H-pyrrole nitrogens is 2. The van der Waals surface area contributed by atoms with E-state index in [-0.39, 0.29) is 5.56 Å². The molecule has 4 aromatic rings. The van der Waals surface area contributed by atoms with Crippen molar-refractivity contribution in [2.45, 2.75) is 13.8 Å². The van der Waals surface area contributed by atoms with E-state index in [9.17, 15) is 4.79 Å². The molecular formula is C15H12N4OS. The predicted molar refractivity (Wildman–Crippen MR) is 84.8 cm³/mol. The minimum Gasteiger partial charge on any atom is -0.346 e. The predicted octanol–water partition coefficient (Wildman–Crippen LogP) is 3.14. The van der Waals surface area contributed by atoms with E-state index >= 15 is 0 Å². The van der Waals surface area contributed by atoms with Gasteiger partial charge in [-0.3, -0.25) is 4.79 Å². The Morgan fingerprint density at radius 2 is 2.00 bits per heavy atom. The summed E-state index contributed by atoms with van der Waals surface area (Å²) in [6.45, 7) is 3.96. The molecule has 0 aliphatic heterocycles. The van der Waals surface area contributed by atoms with Crippen LogP contribution < -0.4 is 5.56 Å². The van der Waals surface area contributed by atoms with Gasteiger partial charge in [-0.05, 0) is 37.6 Å². The highest BCUT2D eigenvalue weighted by Gasteiger charge is 2.13. The van der Waals surface area contributed by atoms with Crippen molar-refractivity contribution in [2.24, 2.45) is 0 Å². The molecule has 0 atom stereocenters. The van der Waals surface area contributed by atoms with Crippen molar-refractivity contribution < 1.29 is 0 Å². The molecule has 104 valence electrons. The molecule has 0 bridgehead atoms. The first-order chi connectivity index (χ1) is 10.1. The van der Waals surface area contributed by atoms with Gasteiger partial charge in [0.2, 0.25) is 0 Å². The van der Waals surface area contributed by atoms with Crippen LogP contribution in [-0.2, 0) is 0 Å². The summed E-state index contributed by atoms with van der Waals surface area (Å²) >= 11 is 1.54. The van der Waals surface area contributed by atoms with Gasteiger partial charge in [-0.2, -0.15) is 0 Å². The monoisotopic (exact) mass is 296 g/mol. The Bertz CT molecular complexity index is 1040. The summed E-state index contributed by atoms with van der Waals surface area (Å²) in [5, 5.41) is 1.71. The zero-order chi connectivity index (χ0) is 14.6. The molecule has 0 unspecified atom stereocenters. The van der Waals surface area contributed by atoms with Crippen LogP contribution in [0, 0.1) is 13.8 Å². The number of nitrogens with one attached hydrogen (secondary N) is 2. The van der Waals surface area contributed by atoms with Crippen molar-refractivity contribution in [2.75, 3.05) is 0 Å². The van der Waals surface area contributed by atoms with Crippen molar-refractivity contribution in [3.8, 4) is 11.5 Å². The van der Waals surface area contributed by atoms with Gasteiger partial charge in [0.25, 0.3) is 5.56 Å². The first-order valence-electron chi connectivity index (χ1n) is 6.58. The molecular weight excluding hydrogens is 284 g/mol. The third-order valence-electron chi connectivity index (χ3n) is 3.69. The smallest absolute Gasteiger partial charge is 0.260 e. The van der Waals surface area contributed by atoms with Crippen molar-refractivity contribution in [3.05, 3.63) is 45.2 Å². The van der Waals surface area contributed by atoms with E-state index in [1.807, 2.05) is 38.2 Å². The summed E-state index contributed by atoms with van der Waals surface area (Å²) in [7, 11) is 0. The van der Waals surface area contributed by atoms with Gasteiger partial charge in [-0.15, -0.1) is 11.3 Å². The number of aromatic amines is 2. The lowest BCUT2D eigenvalue weighted by Crippen LogP contribution is -2.09. The normalized spacial score (nSPS) is 11.5. The number of hydrogen-bond donors (Lipinski definition) is 2. The van der Waals surface area contributed by atoms with Gasteiger partial charge in [0.1, 0.15) is 16.2 Å². The highest BCUT2D eigenvalue weighted by atomic mass is 32.1. The summed E-state index contributed by atoms with van der Waals surface area (Å²) in [5.74, 6) is 0.505. The van der Waals surface area contributed by atoms with E-state index in [0.29, 0.717) is 16.9 Å². The minimum atomic E-state index is -0.106. The Morgan fingerprint density at radius 3 is 2.86 bits per heavy atom. The van der Waals surface area contributed by atoms with Gasteiger partial charge in [0.05, 0.1) is 5.39 Å². The Labute approximate surface area is 123 Å². The van der Waals surface area contributed by atoms with Crippen LogP contribution in [0.15, 0.2) is 29.2 Å². The lowest BCUT2D eigenvalue weighted by molar-refractivity contribution is 1.15. The summed E-state index contributed by atoms with van der Waals surface area (Å²) < 4.78 is 0. The molecule has 0 aromatic carbocycles. The Balaban J connectivity index is 1.99. The van der Waals surface area contributed by atoms with Gasteiger partial charge in [-0.1, -0.05) is 0 Å². The molecule has 0 aliphatic rings. The second-order valence-corrected chi connectivity index (χ2v) is 6.19. The van der Waals surface area contributed by atoms with E-state index in [1.54, 1.807) is 11.3 Å². The van der Waals surface area contributed by atoms with Gasteiger partial charge in [0.15, 0.2) is 5.82 Å². The molecule has 4 heterocycles. The number of hydrogen-bond acceptors (Lipinski definition) is 4. The van der Waals surface area contributed by atoms with Crippen LogP contribution in [0.5, 0.6) is 0 Å². The van der Waals surface area contributed by atoms with Crippen LogP contribution >= 0.6 is 11.3 Å². The first kappa shape index (κ1) is 12.3. The molecule has 0 fully saturated rings. The summed E-state index contributed by atoms with van der Waals surface area (Å²) in [6.07, 6.45) is 1.84. The highest BCUT2D eigenvalue weighted by Crippen LogP contribution is 2.27. The molecule has 0 radical (unpaired) electrons. The number of aryl methyl sites for hydroxylation is 2. The van der Waals surface area contributed by atoms with Gasteiger partial charge < -0.3 is 9.97 Å². The van der Waals surface area contributed by atoms with Crippen molar-refractivity contribution in [1.29, 1.82) is 0 Å². The van der Waals surface area contributed by atoms with Crippen LogP contribution in [0.1, 0.15) is 10.4 Å². The Hall–Kier alpha value is -2.47. The number of pyridine rings is 1. The fourth-order valence-corrected chi connectivity index (χ4v) is 3.47. The molecule has 0 saturated heterocycles. The summed E-state index contributed by atoms with van der Waals surface area (Å²) in [6, 6.07) is 5.79. The van der Waals surface area contributed by atoms with E-state index in [2.05, 4.69) is 19.9 Å². The Kier molecular flexibility index (Phi) is 2.49. The first-order valence-corrected chi connectivity index (χ1v) is 7.39. The second kappa shape index (κ2) is 4.26. The van der Waals surface area contributed by atoms with Crippen LogP contribution in [0.25, 0.3) is 32.8 Å². The molecule has 0 spiro atoms. The van der Waals surface area contributed by atoms with Gasteiger partial charge in [0, 0.05) is 16.5 Å². The molecule has 0 amide bonds. The number of fused-ring (bicyclic) bond motifs is 2. The second-order valence-electron chi connectivity index (χ2n) is 4.99. The quantitative estimate of drug-likeness (QED) is 0.566. The average molecular weight is 296 g/mol. The van der Waals surface area contributed by atoms with E-state index in [4.69, 9.17) is 0 Å². The molecule has 4 aromatic heterocycles. The largest absolute Gasteiger partial charge is 0.346 e. The maximum atomic E-state index is 12.3. The number of aromatic nitrogens is 4. The molecule has 6 heteroatoms. The standard InChI is InChI=1S/C15H12N4OS/c1-7-8(2)21-15-11(7)14(20)18-13(19-15)10-4-3-9-5-6-16-12(9)17-10/h3-6H,1-2H3,(H,16,17)(H,18,19,20). The zero-order valence-electron chi connectivity index (χ0n) is 11.5. The van der Waals surface area contributed by atoms with E-state index in [1.165, 1.54) is 0 Å². The fraction of sp³-hybridized carbons (Fsp3) is 0.133. The van der Waals surface area contributed by atoms with E-state index in [0.717, 1.165) is 26.3 Å². The fourth-order valence-electron chi connectivity index (χ4n) is 2.44. The number of rotatable bonds is 1. The van der Waals surface area contributed by atoms with Gasteiger partial charge in [-0.25, -0.2) is 9.97 Å². The molecule has 0 saturated carbocycles. The highest BCUT2D eigenvalue weighted by molar-refractivity contribution is 7.18. The van der Waals surface area contributed by atoms with Crippen LogP contribution in [0.4, 0.5) is 0 Å². The van der Waals surface area contributed by atoms with Crippen molar-refractivity contribution >= 4 is 32.6 Å². The van der Waals surface area contributed by atoms with Crippen molar-refractivity contribution in [1.82, 2.24) is 19.9 Å². The topological polar surface area (TPSA) is 74.4 Å².